The first-order valence-electron chi connectivity index (χ1n) is 12.2. The molecular weight excluding hydrogens is 503 g/mol. The summed E-state index contributed by atoms with van der Waals surface area (Å²) < 4.78 is 47.5. The number of benzene rings is 2. The molecule has 1 atom stereocenters. The van der Waals surface area contributed by atoms with Crippen molar-refractivity contribution in [3.63, 3.8) is 0 Å². The number of hydrogen-bond acceptors (Lipinski definition) is 7. The third kappa shape index (κ3) is 4.91. The van der Waals surface area contributed by atoms with Crippen LogP contribution < -0.4 is 9.64 Å². The fraction of sp³-hybridized carbons (Fsp3) is 0.440. The van der Waals surface area contributed by atoms with Gasteiger partial charge >= 0.3 is 0 Å². The van der Waals surface area contributed by atoms with E-state index in [2.05, 4.69) is 4.90 Å². The zero-order chi connectivity index (χ0) is 25.3. The second-order valence-electron chi connectivity index (χ2n) is 9.00. The minimum absolute atomic E-state index is 0.00316. The van der Waals surface area contributed by atoms with E-state index in [4.69, 9.17) is 9.72 Å². The monoisotopic (exact) mass is 532 g/mol. The average Bonchev–Trinajstić information content (AvgIpc) is 3.34. The topological polar surface area (TPSA) is 83.0 Å². The van der Waals surface area contributed by atoms with Crippen molar-refractivity contribution in [2.24, 2.45) is 5.92 Å². The fourth-order valence-corrected chi connectivity index (χ4v) is 7.37. The molecule has 0 N–H and O–H groups in total. The molecule has 2 aliphatic rings. The van der Waals surface area contributed by atoms with Crippen LogP contribution in [0.25, 0.3) is 10.2 Å². The number of piperazine rings is 1. The molecule has 5 rings (SSSR count). The molecule has 36 heavy (non-hydrogen) atoms. The van der Waals surface area contributed by atoms with E-state index in [0.717, 1.165) is 33.2 Å². The summed E-state index contributed by atoms with van der Waals surface area (Å²) in [4.78, 5) is 22.2. The van der Waals surface area contributed by atoms with Crippen molar-refractivity contribution in [2.75, 3.05) is 50.8 Å². The third-order valence-corrected chi connectivity index (χ3v) is 9.68. The first-order chi connectivity index (χ1) is 17.4. The molecule has 0 saturated carbocycles. The van der Waals surface area contributed by atoms with E-state index in [1.54, 1.807) is 11.3 Å². The molecule has 2 aliphatic heterocycles. The molecule has 3 aromatic rings. The van der Waals surface area contributed by atoms with E-state index in [9.17, 15) is 17.6 Å². The predicted octanol–water partition coefficient (Wildman–Crippen LogP) is 3.58. The summed E-state index contributed by atoms with van der Waals surface area (Å²) in [6.07, 6.45) is 1.28. The highest BCUT2D eigenvalue weighted by Gasteiger charge is 2.36. The Morgan fingerprint density at radius 1 is 1.11 bits per heavy atom. The van der Waals surface area contributed by atoms with Crippen molar-refractivity contribution >= 4 is 42.6 Å². The number of fused-ring (bicyclic) bond motifs is 1. The molecule has 11 heteroatoms. The van der Waals surface area contributed by atoms with Crippen LogP contribution in [0.5, 0.6) is 5.75 Å². The van der Waals surface area contributed by atoms with E-state index in [1.165, 1.54) is 16.4 Å². The maximum absolute atomic E-state index is 13.3. The number of carbonyl (C=O) groups is 1. The van der Waals surface area contributed by atoms with E-state index < -0.39 is 15.8 Å². The minimum atomic E-state index is -3.77. The number of thiazole rings is 1. The van der Waals surface area contributed by atoms with Crippen LogP contribution in [0, 0.1) is 11.7 Å². The van der Waals surface area contributed by atoms with Gasteiger partial charge in [-0.05, 0) is 56.2 Å². The zero-order valence-corrected chi connectivity index (χ0v) is 21.7. The molecule has 3 heterocycles. The summed E-state index contributed by atoms with van der Waals surface area (Å²) in [6.45, 7) is 5.50. The van der Waals surface area contributed by atoms with Crippen LogP contribution in [0.3, 0.4) is 0 Å². The molecule has 2 saturated heterocycles. The van der Waals surface area contributed by atoms with Gasteiger partial charge in [0.25, 0.3) is 0 Å². The first-order valence-corrected chi connectivity index (χ1v) is 14.4. The molecule has 8 nitrogen and oxygen atoms in total. The van der Waals surface area contributed by atoms with Gasteiger partial charge in [-0.3, -0.25) is 4.79 Å². The summed E-state index contributed by atoms with van der Waals surface area (Å²) in [7, 11) is -3.77. The molecular formula is C25H29FN4O4S2. The number of carbonyl (C=O) groups excluding carboxylic acids is 1. The summed E-state index contributed by atoms with van der Waals surface area (Å²) in [6, 6.07) is 10.8. The van der Waals surface area contributed by atoms with Gasteiger partial charge in [0, 0.05) is 39.3 Å². The SMILES string of the molecule is CCOc1cccc2sc(N3CCN(C(=O)C4CCCN(S(=O)(=O)c5ccc(F)cc5)C4)CC3)nc12. The number of hydrogen-bond donors (Lipinski definition) is 0. The molecule has 1 aromatic heterocycles. The zero-order valence-electron chi connectivity index (χ0n) is 20.1. The quantitative estimate of drug-likeness (QED) is 0.483. The van der Waals surface area contributed by atoms with E-state index in [-0.39, 0.29) is 23.3 Å². The normalized spacial score (nSPS) is 19.6. The summed E-state index contributed by atoms with van der Waals surface area (Å²) in [5.41, 5.74) is 0.863. The maximum atomic E-state index is 13.3. The van der Waals surface area contributed by atoms with Crippen LogP contribution in [0.15, 0.2) is 47.4 Å². The Labute approximate surface area is 214 Å². The summed E-state index contributed by atoms with van der Waals surface area (Å²) >= 11 is 1.62. The van der Waals surface area contributed by atoms with Gasteiger partial charge < -0.3 is 14.5 Å². The first kappa shape index (κ1) is 24.9. The molecule has 1 amide bonds. The third-order valence-electron chi connectivity index (χ3n) is 6.72. The molecule has 1 unspecified atom stereocenters. The Bertz CT molecular complexity index is 1340. The van der Waals surface area contributed by atoms with Crippen molar-refractivity contribution in [3.05, 3.63) is 48.3 Å². The number of para-hydroxylation sites is 1. The van der Waals surface area contributed by atoms with Crippen molar-refractivity contribution in [1.82, 2.24) is 14.2 Å². The van der Waals surface area contributed by atoms with Crippen LogP contribution in [0.1, 0.15) is 19.8 Å². The van der Waals surface area contributed by atoms with Gasteiger partial charge in [-0.2, -0.15) is 4.31 Å². The van der Waals surface area contributed by atoms with E-state index in [1.807, 2.05) is 30.0 Å². The Hall–Kier alpha value is -2.76. The largest absolute Gasteiger partial charge is 0.492 e. The van der Waals surface area contributed by atoms with Gasteiger partial charge in [-0.1, -0.05) is 17.4 Å². The lowest BCUT2D eigenvalue weighted by Crippen LogP contribution is -2.53. The molecule has 192 valence electrons. The number of ether oxygens (including phenoxy) is 1. The Morgan fingerprint density at radius 2 is 1.86 bits per heavy atom. The highest BCUT2D eigenvalue weighted by atomic mass is 32.2. The number of amides is 1. The standard InChI is InChI=1S/C25H29FN4O4S2/c1-2-34-21-6-3-7-22-23(21)27-25(35-22)29-15-13-28(14-16-29)24(31)18-5-4-12-30(17-18)36(32,33)20-10-8-19(26)9-11-20/h3,6-11,18H,2,4-5,12-17H2,1H3. The number of piperidine rings is 1. The number of anilines is 1. The molecule has 2 aromatic carbocycles. The lowest BCUT2D eigenvalue weighted by atomic mass is 9.98. The second kappa shape index (κ2) is 10.3. The van der Waals surface area contributed by atoms with Gasteiger partial charge in [0.05, 0.1) is 22.1 Å². The highest BCUT2D eigenvalue weighted by molar-refractivity contribution is 7.89. The summed E-state index contributed by atoms with van der Waals surface area (Å²) in [5, 5.41) is 0.915. The Kier molecular flexibility index (Phi) is 7.14. The van der Waals surface area contributed by atoms with Crippen molar-refractivity contribution in [1.29, 1.82) is 0 Å². The number of aromatic nitrogens is 1. The Balaban J connectivity index is 1.22. The smallest absolute Gasteiger partial charge is 0.243 e. The van der Waals surface area contributed by atoms with Gasteiger partial charge in [-0.15, -0.1) is 0 Å². The van der Waals surface area contributed by atoms with Gasteiger partial charge in [0.15, 0.2) is 5.13 Å². The van der Waals surface area contributed by atoms with Crippen LogP contribution >= 0.6 is 11.3 Å². The molecule has 0 radical (unpaired) electrons. The molecule has 0 aliphatic carbocycles. The van der Waals surface area contributed by atoms with Gasteiger partial charge in [0.2, 0.25) is 15.9 Å². The highest BCUT2D eigenvalue weighted by Crippen LogP contribution is 2.35. The predicted molar refractivity (Wildman–Crippen MR) is 137 cm³/mol. The van der Waals surface area contributed by atoms with Crippen LogP contribution in [0.2, 0.25) is 0 Å². The van der Waals surface area contributed by atoms with E-state index >= 15 is 0 Å². The lowest BCUT2D eigenvalue weighted by Gasteiger charge is -2.38. The maximum Gasteiger partial charge on any atom is 0.243 e. The number of nitrogens with zero attached hydrogens (tertiary/aromatic N) is 4. The number of sulfonamides is 1. The van der Waals surface area contributed by atoms with Gasteiger partial charge in [0.1, 0.15) is 17.1 Å². The van der Waals surface area contributed by atoms with Crippen molar-refractivity contribution in [3.8, 4) is 5.75 Å². The molecule has 0 spiro atoms. The van der Waals surface area contributed by atoms with E-state index in [0.29, 0.717) is 52.2 Å². The molecule has 2 fully saturated rings. The van der Waals surface area contributed by atoms with Crippen molar-refractivity contribution in [2.45, 2.75) is 24.7 Å². The van der Waals surface area contributed by atoms with Crippen LogP contribution in [-0.2, 0) is 14.8 Å². The minimum Gasteiger partial charge on any atom is -0.492 e. The number of halogens is 1. The fourth-order valence-electron chi connectivity index (χ4n) is 4.81. The van der Waals surface area contributed by atoms with Crippen molar-refractivity contribution < 1.29 is 22.3 Å². The Morgan fingerprint density at radius 3 is 2.58 bits per heavy atom. The lowest BCUT2D eigenvalue weighted by molar-refractivity contribution is -0.137. The van der Waals surface area contributed by atoms with Crippen LogP contribution in [-0.4, -0.2) is 74.4 Å². The number of rotatable bonds is 6. The molecule has 0 bridgehead atoms. The van der Waals surface area contributed by atoms with Crippen LogP contribution in [0.4, 0.5) is 9.52 Å². The summed E-state index contributed by atoms with van der Waals surface area (Å²) in [5.74, 6) is -0.0857. The average molecular weight is 533 g/mol. The second-order valence-corrected chi connectivity index (χ2v) is 11.9. The van der Waals surface area contributed by atoms with Gasteiger partial charge in [-0.25, -0.2) is 17.8 Å².